The first-order valence-electron chi connectivity index (χ1n) is 8.64. The third-order valence-corrected chi connectivity index (χ3v) is 5.28. The molecule has 5 rings (SSSR count). The van der Waals surface area contributed by atoms with Crippen LogP contribution in [0, 0.1) is 0 Å². The van der Waals surface area contributed by atoms with Gasteiger partial charge < -0.3 is 5.32 Å². The molecule has 0 radical (unpaired) electrons. The SMILES string of the molecule is O=C1NC(c2ncnn2C2Cc3ccccc3C2)Cc2ccccc21. The Bertz CT molecular complexity index is 937. The number of nitrogens with one attached hydrogen (secondary N) is 1. The summed E-state index contributed by atoms with van der Waals surface area (Å²) in [5.41, 5.74) is 4.59. The van der Waals surface area contributed by atoms with Crippen LogP contribution in [0.1, 0.15) is 45.0 Å². The van der Waals surface area contributed by atoms with Crippen LogP contribution in [0.2, 0.25) is 0 Å². The van der Waals surface area contributed by atoms with Gasteiger partial charge in [0.2, 0.25) is 0 Å². The summed E-state index contributed by atoms with van der Waals surface area (Å²) in [5, 5.41) is 7.59. The number of aromatic nitrogens is 3. The van der Waals surface area contributed by atoms with Crippen molar-refractivity contribution in [3.05, 3.63) is 82.9 Å². The molecular weight excluding hydrogens is 312 g/mol. The number of rotatable bonds is 2. The topological polar surface area (TPSA) is 59.8 Å². The van der Waals surface area contributed by atoms with Crippen LogP contribution in [0.4, 0.5) is 0 Å². The highest BCUT2D eigenvalue weighted by atomic mass is 16.1. The number of fused-ring (bicyclic) bond motifs is 2. The van der Waals surface area contributed by atoms with Gasteiger partial charge in [-0.05, 0) is 35.6 Å². The lowest BCUT2D eigenvalue weighted by molar-refractivity contribution is 0.0921. The first kappa shape index (κ1) is 14.4. The highest BCUT2D eigenvalue weighted by Crippen LogP contribution is 2.32. The van der Waals surface area contributed by atoms with E-state index in [1.54, 1.807) is 6.33 Å². The van der Waals surface area contributed by atoms with Crippen LogP contribution < -0.4 is 5.32 Å². The molecule has 0 saturated heterocycles. The van der Waals surface area contributed by atoms with E-state index in [0.29, 0.717) is 0 Å². The second-order valence-corrected chi connectivity index (χ2v) is 6.78. The second kappa shape index (κ2) is 5.55. The van der Waals surface area contributed by atoms with Crippen LogP contribution in [0.25, 0.3) is 0 Å². The molecule has 0 bridgehead atoms. The van der Waals surface area contributed by atoms with E-state index in [1.807, 2.05) is 28.9 Å². The number of carbonyl (C=O) groups is 1. The predicted octanol–water partition coefficient (Wildman–Crippen LogP) is 2.65. The van der Waals surface area contributed by atoms with Gasteiger partial charge in [-0.25, -0.2) is 9.67 Å². The van der Waals surface area contributed by atoms with Crippen molar-refractivity contribution >= 4 is 5.91 Å². The lowest BCUT2D eigenvalue weighted by Crippen LogP contribution is -2.37. The molecule has 2 aliphatic rings. The van der Waals surface area contributed by atoms with Gasteiger partial charge >= 0.3 is 0 Å². The molecule has 1 unspecified atom stereocenters. The van der Waals surface area contributed by atoms with E-state index in [-0.39, 0.29) is 18.0 Å². The van der Waals surface area contributed by atoms with Crippen molar-refractivity contribution in [2.75, 3.05) is 0 Å². The third kappa shape index (κ3) is 2.35. The molecule has 1 N–H and O–H groups in total. The molecule has 0 saturated carbocycles. The van der Waals surface area contributed by atoms with E-state index >= 15 is 0 Å². The van der Waals surface area contributed by atoms with Crippen LogP contribution in [-0.2, 0) is 19.3 Å². The molecular formula is C20H18N4O. The average Bonchev–Trinajstić information content (AvgIpc) is 3.28. The van der Waals surface area contributed by atoms with Crippen molar-refractivity contribution in [3.8, 4) is 0 Å². The molecule has 2 heterocycles. The van der Waals surface area contributed by atoms with Gasteiger partial charge in [0.05, 0.1) is 12.1 Å². The Morgan fingerprint density at radius 3 is 2.36 bits per heavy atom. The number of carbonyl (C=O) groups excluding carboxylic acids is 1. The molecule has 1 atom stereocenters. The zero-order valence-corrected chi connectivity index (χ0v) is 13.7. The van der Waals surface area contributed by atoms with E-state index in [0.717, 1.165) is 36.2 Å². The zero-order chi connectivity index (χ0) is 16.8. The van der Waals surface area contributed by atoms with E-state index in [9.17, 15) is 4.79 Å². The Labute approximate surface area is 145 Å². The van der Waals surface area contributed by atoms with Crippen molar-refractivity contribution in [1.82, 2.24) is 20.1 Å². The van der Waals surface area contributed by atoms with Crippen molar-refractivity contribution in [2.24, 2.45) is 0 Å². The largest absolute Gasteiger partial charge is 0.342 e. The number of amides is 1. The van der Waals surface area contributed by atoms with Crippen LogP contribution >= 0.6 is 0 Å². The highest BCUT2D eigenvalue weighted by molar-refractivity contribution is 5.97. The van der Waals surface area contributed by atoms with Crippen LogP contribution in [0.3, 0.4) is 0 Å². The van der Waals surface area contributed by atoms with Gasteiger partial charge in [0.25, 0.3) is 5.91 Å². The van der Waals surface area contributed by atoms with Crippen molar-refractivity contribution in [1.29, 1.82) is 0 Å². The average molecular weight is 330 g/mol. The first-order chi connectivity index (χ1) is 12.3. The molecule has 1 aliphatic heterocycles. The van der Waals surface area contributed by atoms with Gasteiger partial charge in [0.1, 0.15) is 12.2 Å². The number of hydrogen-bond donors (Lipinski definition) is 1. The summed E-state index contributed by atoms with van der Waals surface area (Å²) in [4.78, 5) is 16.9. The summed E-state index contributed by atoms with van der Waals surface area (Å²) in [7, 11) is 0. The standard InChI is InChI=1S/C20H18N4O/c25-20-17-8-4-3-7-15(17)11-18(23-20)19-21-12-22-24(19)16-9-13-5-1-2-6-14(13)10-16/h1-8,12,16,18H,9-11H2,(H,23,25). The number of benzene rings is 2. The number of nitrogens with zero attached hydrogens (tertiary/aromatic N) is 3. The highest BCUT2D eigenvalue weighted by Gasteiger charge is 2.31. The van der Waals surface area contributed by atoms with E-state index < -0.39 is 0 Å². The molecule has 3 aromatic rings. The van der Waals surface area contributed by atoms with Gasteiger partial charge in [-0.1, -0.05) is 42.5 Å². The monoisotopic (exact) mass is 330 g/mol. The Morgan fingerprint density at radius 2 is 1.60 bits per heavy atom. The maximum Gasteiger partial charge on any atom is 0.252 e. The minimum atomic E-state index is -0.131. The molecule has 5 heteroatoms. The lowest BCUT2D eigenvalue weighted by Gasteiger charge is -2.26. The molecule has 1 aliphatic carbocycles. The Hall–Kier alpha value is -2.95. The lowest BCUT2D eigenvalue weighted by atomic mass is 9.95. The fourth-order valence-electron chi connectivity index (χ4n) is 4.08. The molecule has 0 spiro atoms. The maximum absolute atomic E-state index is 12.4. The van der Waals surface area contributed by atoms with Gasteiger partial charge in [0, 0.05) is 12.0 Å². The fraction of sp³-hybridized carbons (Fsp3) is 0.250. The molecule has 2 aromatic carbocycles. The molecule has 25 heavy (non-hydrogen) atoms. The van der Waals surface area contributed by atoms with E-state index in [2.05, 4.69) is 39.7 Å². The van der Waals surface area contributed by atoms with Crippen LogP contribution in [0.5, 0.6) is 0 Å². The van der Waals surface area contributed by atoms with Crippen LogP contribution in [-0.4, -0.2) is 20.7 Å². The zero-order valence-electron chi connectivity index (χ0n) is 13.7. The number of hydrogen-bond acceptors (Lipinski definition) is 3. The predicted molar refractivity (Wildman–Crippen MR) is 93.3 cm³/mol. The minimum Gasteiger partial charge on any atom is -0.342 e. The van der Waals surface area contributed by atoms with Crippen molar-refractivity contribution in [3.63, 3.8) is 0 Å². The van der Waals surface area contributed by atoms with Crippen molar-refractivity contribution < 1.29 is 4.79 Å². The first-order valence-corrected chi connectivity index (χ1v) is 8.64. The summed E-state index contributed by atoms with van der Waals surface area (Å²) in [5.74, 6) is 0.816. The summed E-state index contributed by atoms with van der Waals surface area (Å²) < 4.78 is 2.01. The maximum atomic E-state index is 12.4. The van der Waals surface area contributed by atoms with E-state index in [1.165, 1.54) is 11.1 Å². The normalized spacial score (nSPS) is 19.4. The Kier molecular flexibility index (Phi) is 3.20. The van der Waals surface area contributed by atoms with E-state index in [4.69, 9.17) is 0 Å². The smallest absolute Gasteiger partial charge is 0.252 e. The molecule has 0 fully saturated rings. The van der Waals surface area contributed by atoms with Gasteiger partial charge in [-0.15, -0.1) is 0 Å². The molecule has 1 aromatic heterocycles. The summed E-state index contributed by atoms with van der Waals surface area (Å²) in [6.07, 6.45) is 4.28. The van der Waals surface area contributed by atoms with Gasteiger partial charge in [-0.3, -0.25) is 4.79 Å². The minimum absolute atomic E-state index is 0.0314. The summed E-state index contributed by atoms with van der Waals surface area (Å²) in [6, 6.07) is 16.5. The van der Waals surface area contributed by atoms with Crippen molar-refractivity contribution in [2.45, 2.75) is 31.3 Å². The summed E-state index contributed by atoms with van der Waals surface area (Å²) >= 11 is 0. The Balaban J connectivity index is 1.46. The van der Waals surface area contributed by atoms with Gasteiger partial charge in [-0.2, -0.15) is 5.10 Å². The fourth-order valence-corrected chi connectivity index (χ4v) is 4.08. The second-order valence-electron chi connectivity index (χ2n) is 6.78. The molecule has 1 amide bonds. The Morgan fingerprint density at radius 1 is 0.920 bits per heavy atom. The third-order valence-electron chi connectivity index (χ3n) is 5.28. The van der Waals surface area contributed by atoms with Crippen LogP contribution in [0.15, 0.2) is 54.9 Å². The quantitative estimate of drug-likeness (QED) is 0.786. The van der Waals surface area contributed by atoms with Gasteiger partial charge in [0.15, 0.2) is 0 Å². The molecule has 5 nitrogen and oxygen atoms in total. The molecule has 124 valence electrons. The summed E-state index contributed by atoms with van der Waals surface area (Å²) in [6.45, 7) is 0.